The number of aliphatic carboxylic acids is 1. The maximum atomic E-state index is 12.2. The number of anilines is 1. The first-order valence-electron chi connectivity index (χ1n) is 6.58. The minimum absolute atomic E-state index is 0.00917. The SMILES string of the molecule is COCc1ccccc1NC(=O)N1C[C@H](O)C[C@H]1C(=O)O. The van der Waals surface area contributed by atoms with Gasteiger partial charge in [-0.25, -0.2) is 9.59 Å². The lowest BCUT2D eigenvalue weighted by Gasteiger charge is -2.22. The second-order valence-corrected chi connectivity index (χ2v) is 4.92. The van der Waals surface area contributed by atoms with Crippen molar-refractivity contribution >= 4 is 17.7 Å². The molecule has 2 atom stereocenters. The summed E-state index contributed by atoms with van der Waals surface area (Å²) in [5.41, 5.74) is 1.36. The lowest BCUT2D eigenvalue weighted by atomic mass is 10.2. The number of carboxylic acid groups (broad SMARTS) is 1. The minimum Gasteiger partial charge on any atom is -0.480 e. The third-order valence-electron chi connectivity index (χ3n) is 3.38. The zero-order valence-electron chi connectivity index (χ0n) is 11.7. The number of methoxy groups -OCH3 is 1. The zero-order valence-corrected chi connectivity index (χ0v) is 11.7. The Morgan fingerprint density at radius 2 is 2.14 bits per heavy atom. The van der Waals surface area contributed by atoms with Crippen LogP contribution in [0.15, 0.2) is 24.3 Å². The molecule has 21 heavy (non-hydrogen) atoms. The van der Waals surface area contributed by atoms with Crippen LogP contribution in [-0.4, -0.2) is 52.9 Å². The van der Waals surface area contributed by atoms with Gasteiger partial charge in [-0.2, -0.15) is 0 Å². The van der Waals surface area contributed by atoms with Gasteiger partial charge in [0.2, 0.25) is 0 Å². The minimum atomic E-state index is -1.12. The molecule has 0 aliphatic carbocycles. The van der Waals surface area contributed by atoms with Gasteiger partial charge in [0.1, 0.15) is 6.04 Å². The average molecular weight is 294 g/mol. The lowest BCUT2D eigenvalue weighted by Crippen LogP contribution is -2.43. The van der Waals surface area contributed by atoms with E-state index >= 15 is 0 Å². The highest BCUT2D eigenvalue weighted by molar-refractivity contribution is 5.93. The summed E-state index contributed by atoms with van der Waals surface area (Å²) >= 11 is 0. The second-order valence-electron chi connectivity index (χ2n) is 4.92. The summed E-state index contributed by atoms with van der Waals surface area (Å²) in [5, 5.41) is 21.3. The Morgan fingerprint density at radius 3 is 2.81 bits per heavy atom. The molecule has 0 bridgehead atoms. The van der Waals surface area contributed by atoms with E-state index in [9.17, 15) is 14.7 Å². The lowest BCUT2D eigenvalue weighted by molar-refractivity contribution is -0.141. The number of likely N-dealkylation sites (tertiary alicyclic amines) is 1. The number of benzene rings is 1. The fourth-order valence-electron chi connectivity index (χ4n) is 2.38. The normalized spacial score (nSPS) is 21.3. The second kappa shape index (κ2) is 6.55. The molecule has 1 saturated heterocycles. The summed E-state index contributed by atoms with van der Waals surface area (Å²) in [5.74, 6) is -1.12. The van der Waals surface area contributed by atoms with E-state index in [2.05, 4.69) is 5.32 Å². The molecule has 114 valence electrons. The van der Waals surface area contributed by atoms with Crippen LogP contribution < -0.4 is 5.32 Å². The zero-order chi connectivity index (χ0) is 15.4. The molecule has 0 radical (unpaired) electrons. The van der Waals surface area contributed by atoms with Gasteiger partial charge < -0.3 is 25.2 Å². The number of β-amino-alcohol motifs (C(OH)–C–C–N with tert-alkyl or cyclic N) is 1. The molecule has 0 aromatic heterocycles. The number of nitrogens with zero attached hydrogens (tertiary/aromatic N) is 1. The molecule has 1 aromatic carbocycles. The summed E-state index contributed by atoms with van der Waals surface area (Å²) in [4.78, 5) is 24.5. The highest BCUT2D eigenvalue weighted by Crippen LogP contribution is 2.21. The molecule has 1 aliphatic rings. The number of amides is 2. The molecule has 1 aromatic rings. The number of para-hydroxylation sites is 1. The van der Waals surface area contributed by atoms with Gasteiger partial charge in [-0.1, -0.05) is 18.2 Å². The average Bonchev–Trinajstić information content (AvgIpc) is 2.84. The van der Waals surface area contributed by atoms with Crippen LogP contribution in [0.5, 0.6) is 0 Å². The quantitative estimate of drug-likeness (QED) is 0.765. The monoisotopic (exact) mass is 294 g/mol. The third-order valence-corrected chi connectivity index (χ3v) is 3.38. The fourth-order valence-corrected chi connectivity index (χ4v) is 2.38. The first-order chi connectivity index (χ1) is 10.0. The van der Waals surface area contributed by atoms with Gasteiger partial charge >= 0.3 is 12.0 Å². The number of ether oxygens (including phenoxy) is 1. The van der Waals surface area contributed by atoms with Crippen molar-refractivity contribution in [3.8, 4) is 0 Å². The number of aliphatic hydroxyl groups is 1. The number of urea groups is 1. The van der Waals surface area contributed by atoms with Gasteiger partial charge in [0, 0.05) is 31.3 Å². The fraction of sp³-hybridized carbons (Fsp3) is 0.429. The van der Waals surface area contributed by atoms with Gasteiger partial charge in [-0.15, -0.1) is 0 Å². The van der Waals surface area contributed by atoms with Gasteiger partial charge in [0.15, 0.2) is 0 Å². The highest BCUT2D eigenvalue weighted by atomic mass is 16.5. The number of hydrogen-bond donors (Lipinski definition) is 3. The van der Waals surface area contributed by atoms with Crippen LogP contribution in [0.2, 0.25) is 0 Å². The van der Waals surface area contributed by atoms with E-state index in [1.54, 1.807) is 19.2 Å². The molecule has 2 rings (SSSR count). The summed E-state index contributed by atoms with van der Waals surface area (Å²) in [6.45, 7) is 0.344. The first kappa shape index (κ1) is 15.3. The predicted molar refractivity (Wildman–Crippen MR) is 74.9 cm³/mol. The standard InChI is InChI=1S/C14H18N2O5/c1-21-8-9-4-2-3-5-11(9)15-14(20)16-7-10(17)6-12(16)13(18)19/h2-5,10,12,17H,6-8H2,1H3,(H,15,20)(H,18,19)/t10-,12+/m1/s1. The molecular weight excluding hydrogens is 276 g/mol. The molecule has 7 heteroatoms. The predicted octanol–water partition coefficient (Wildman–Crippen LogP) is 0.885. The number of carbonyl (C=O) groups excluding carboxylic acids is 1. The molecule has 2 amide bonds. The van der Waals surface area contributed by atoms with Gasteiger partial charge in [0.05, 0.1) is 12.7 Å². The van der Waals surface area contributed by atoms with E-state index in [-0.39, 0.29) is 13.0 Å². The summed E-state index contributed by atoms with van der Waals surface area (Å²) < 4.78 is 5.05. The number of carbonyl (C=O) groups is 2. The third kappa shape index (κ3) is 3.50. The van der Waals surface area contributed by atoms with E-state index in [1.807, 2.05) is 12.1 Å². The maximum absolute atomic E-state index is 12.2. The number of aliphatic hydroxyl groups excluding tert-OH is 1. The molecule has 0 unspecified atom stereocenters. The topological polar surface area (TPSA) is 99.1 Å². The first-order valence-corrected chi connectivity index (χ1v) is 6.58. The van der Waals surface area contributed by atoms with Crippen LogP contribution in [-0.2, 0) is 16.1 Å². The number of nitrogens with one attached hydrogen (secondary N) is 1. The van der Waals surface area contributed by atoms with Crippen LogP contribution in [0.25, 0.3) is 0 Å². The molecule has 1 aliphatic heterocycles. The summed E-state index contributed by atoms with van der Waals surface area (Å²) in [6, 6.07) is 5.57. The van der Waals surface area contributed by atoms with Crippen LogP contribution in [0.4, 0.5) is 10.5 Å². The Hall–Kier alpha value is -2.12. The Kier molecular flexibility index (Phi) is 4.77. The van der Waals surface area contributed by atoms with Crippen molar-refractivity contribution < 1.29 is 24.5 Å². The van der Waals surface area contributed by atoms with Crippen LogP contribution >= 0.6 is 0 Å². The molecule has 1 heterocycles. The van der Waals surface area contributed by atoms with Crippen LogP contribution in [0.1, 0.15) is 12.0 Å². The highest BCUT2D eigenvalue weighted by Gasteiger charge is 2.39. The van der Waals surface area contributed by atoms with Gasteiger partial charge in [-0.05, 0) is 6.07 Å². The van der Waals surface area contributed by atoms with Crippen LogP contribution in [0.3, 0.4) is 0 Å². The Labute approximate surface area is 122 Å². The molecule has 7 nitrogen and oxygen atoms in total. The molecule has 0 saturated carbocycles. The van der Waals surface area contributed by atoms with Crippen molar-refractivity contribution in [1.29, 1.82) is 0 Å². The van der Waals surface area contributed by atoms with E-state index in [1.165, 1.54) is 0 Å². The largest absolute Gasteiger partial charge is 0.480 e. The summed E-state index contributed by atoms with van der Waals surface area (Å²) in [6.07, 6.45) is -0.770. The van der Waals surface area contributed by atoms with Crippen LogP contribution in [0, 0.1) is 0 Å². The van der Waals surface area contributed by atoms with E-state index in [0.29, 0.717) is 12.3 Å². The van der Waals surface area contributed by atoms with Crippen molar-refractivity contribution in [1.82, 2.24) is 4.90 Å². The molecule has 1 fully saturated rings. The van der Waals surface area contributed by atoms with Gasteiger partial charge in [0.25, 0.3) is 0 Å². The Balaban J connectivity index is 2.12. The molecule has 0 spiro atoms. The van der Waals surface area contributed by atoms with Crippen molar-refractivity contribution in [2.45, 2.75) is 25.2 Å². The molecule has 3 N–H and O–H groups in total. The van der Waals surface area contributed by atoms with Crippen molar-refractivity contribution in [2.75, 3.05) is 19.0 Å². The smallest absolute Gasteiger partial charge is 0.326 e. The number of rotatable bonds is 4. The maximum Gasteiger partial charge on any atom is 0.326 e. The Morgan fingerprint density at radius 1 is 1.43 bits per heavy atom. The number of hydrogen-bond acceptors (Lipinski definition) is 4. The number of carboxylic acids is 1. The van der Waals surface area contributed by atoms with E-state index < -0.39 is 24.1 Å². The van der Waals surface area contributed by atoms with E-state index in [0.717, 1.165) is 10.5 Å². The summed E-state index contributed by atoms with van der Waals surface area (Å²) in [7, 11) is 1.55. The van der Waals surface area contributed by atoms with Gasteiger partial charge in [-0.3, -0.25) is 0 Å². The molecular formula is C14H18N2O5. The van der Waals surface area contributed by atoms with Crippen molar-refractivity contribution in [3.63, 3.8) is 0 Å². The van der Waals surface area contributed by atoms with Crippen molar-refractivity contribution in [2.24, 2.45) is 0 Å². The van der Waals surface area contributed by atoms with Crippen molar-refractivity contribution in [3.05, 3.63) is 29.8 Å². The van der Waals surface area contributed by atoms with E-state index in [4.69, 9.17) is 9.84 Å². The Bertz CT molecular complexity index is 534.